The first kappa shape index (κ1) is 14.1. The van der Waals surface area contributed by atoms with Crippen molar-refractivity contribution < 1.29 is 18.8 Å². The summed E-state index contributed by atoms with van der Waals surface area (Å²) in [5, 5.41) is 3.88. The molecule has 6 heteroatoms. The van der Waals surface area contributed by atoms with Gasteiger partial charge in [-0.1, -0.05) is 5.16 Å². The monoisotopic (exact) mass is 292 g/mol. The number of amides is 1. The Bertz CT molecular complexity index is 536. The molecule has 1 amide bonds. The van der Waals surface area contributed by atoms with Crippen LogP contribution < -0.4 is 0 Å². The molecular formula is C15H20N2O4. The van der Waals surface area contributed by atoms with Gasteiger partial charge in [0.25, 0.3) is 5.91 Å². The predicted octanol–water partition coefficient (Wildman–Crippen LogP) is 1.97. The highest BCUT2D eigenvalue weighted by Gasteiger charge is 2.33. The van der Waals surface area contributed by atoms with Crippen molar-refractivity contribution in [1.29, 1.82) is 0 Å². The number of carbonyl (C=O) groups excluding carboxylic acids is 2. The third kappa shape index (κ3) is 3.09. The van der Waals surface area contributed by atoms with Gasteiger partial charge in [-0.05, 0) is 32.6 Å². The molecule has 1 aliphatic heterocycles. The summed E-state index contributed by atoms with van der Waals surface area (Å²) in [6, 6.07) is 1.74. The molecule has 6 nitrogen and oxygen atoms in total. The lowest BCUT2D eigenvalue weighted by Crippen LogP contribution is -2.42. The number of hydrogen-bond donors (Lipinski definition) is 0. The quantitative estimate of drug-likeness (QED) is 0.793. The lowest BCUT2D eigenvalue weighted by Gasteiger charge is -2.30. The van der Waals surface area contributed by atoms with E-state index in [1.807, 2.05) is 0 Å². The molecule has 0 bridgehead atoms. The third-order valence-electron chi connectivity index (χ3n) is 4.06. The van der Waals surface area contributed by atoms with Gasteiger partial charge < -0.3 is 14.2 Å². The zero-order valence-corrected chi connectivity index (χ0v) is 12.2. The second kappa shape index (κ2) is 5.87. The summed E-state index contributed by atoms with van der Waals surface area (Å²) >= 11 is 0. The molecule has 114 valence electrons. The van der Waals surface area contributed by atoms with E-state index in [0.717, 1.165) is 31.4 Å². The molecule has 0 radical (unpaired) electrons. The van der Waals surface area contributed by atoms with Crippen LogP contribution in [0.1, 0.15) is 54.8 Å². The highest BCUT2D eigenvalue weighted by atomic mass is 16.5. The summed E-state index contributed by atoms with van der Waals surface area (Å²) in [4.78, 5) is 25.9. The Morgan fingerprint density at radius 3 is 2.95 bits per heavy atom. The van der Waals surface area contributed by atoms with Crippen LogP contribution in [-0.2, 0) is 9.53 Å². The molecule has 1 aliphatic carbocycles. The largest absolute Gasteiger partial charge is 0.466 e. The Labute approximate surface area is 123 Å². The van der Waals surface area contributed by atoms with Gasteiger partial charge in [0.15, 0.2) is 5.69 Å². The van der Waals surface area contributed by atoms with Crippen LogP contribution in [0.3, 0.4) is 0 Å². The van der Waals surface area contributed by atoms with Gasteiger partial charge in [0, 0.05) is 25.1 Å². The molecule has 2 aliphatic rings. The summed E-state index contributed by atoms with van der Waals surface area (Å²) in [7, 11) is 0. The van der Waals surface area contributed by atoms with Gasteiger partial charge in [-0.2, -0.15) is 0 Å². The Morgan fingerprint density at radius 1 is 1.43 bits per heavy atom. The molecule has 1 saturated carbocycles. The highest BCUT2D eigenvalue weighted by Crippen LogP contribution is 2.40. The van der Waals surface area contributed by atoms with Gasteiger partial charge >= 0.3 is 5.97 Å². The molecule has 1 aromatic heterocycles. The topological polar surface area (TPSA) is 72.6 Å². The first-order valence-electron chi connectivity index (χ1n) is 7.61. The molecule has 1 aromatic rings. The van der Waals surface area contributed by atoms with E-state index >= 15 is 0 Å². The fourth-order valence-electron chi connectivity index (χ4n) is 2.73. The number of esters is 1. The number of aromatic nitrogens is 1. The van der Waals surface area contributed by atoms with Crippen molar-refractivity contribution in [3.05, 3.63) is 17.5 Å². The molecule has 3 rings (SSSR count). The van der Waals surface area contributed by atoms with Gasteiger partial charge in [-0.3, -0.25) is 9.59 Å². The van der Waals surface area contributed by atoms with E-state index in [-0.39, 0.29) is 17.8 Å². The van der Waals surface area contributed by atoms with E-state index in [1.54, 1.807) is 17.9 Å². The Hall–Kier alpha value is -1.85. The zero-order chi connectivity index (χ0) is 14.8. The van der Waals surface area contributed by atoms with E-state index in [1.165, 1.54) is 0 Å². The molecule has 21 heavy (non-hydrogen) atoms. The first-order valence-corrected chi connectivity index (χ1v) is 7.61. The van der Waals surface area contributed by atoms with Crippen molar-refractivity contribution in [1.82, 2.24) is 10.1 Å². The van der Waals surface area contributed by atoms with E-state index in [9.17, 15) is 9.59 Å². The highest BCUT2D eigenvalue weighted by molar-refractivity contribution is 5.92. The predicted molar refractivity (Wildman–Crippen MR) is 73.7 cm³/mol. The summed E-state index contributed by atoms with van der Waals surface area (Å²) in [5.74, 6) is 0.649. The molecule has 2 heterocycles. The molecule has 1 atom stereocenters. The maximum atomic E-state index is 12.4. The lowest BCUT2D eigenvalue weighted by atomic mass is 9.98. The molecule has 0 N–H and O–H groups in total. The molecular weight excluding hydrogens is 272 g/mol. The van der Waals surface area contributed by atoms with Crippen LogP contribution in [0.2, 0.25) is 0 Å². The van der Waals surface area contributed by atoms with E-state index in [4.69, 9.17) is 9.26 Å². The van der Waals surface area contributed by atoms with Crippen molar-refractivity contribution in [2.24, 2.45) is 5.92 Å². The number of carbonyl (C=O) groups is 2. The minimum Gasteiger partial charge on any atom is -0.466 e. The number of ether oxygens (including phenoxy) is 1. The molecule has 0 spiro atoms. The van der Waals surface area contributed by atoms with Gasteiger partial charge in [0.2, 0.25) is 0 Å². The van der Waals surface area contributed by atoms with Crippen molar-refractivity contribution in [3.8, 4) is 0 Å². The molecule has 1 saturated heterocycles. The van der Waals surface area contributed by atoms with Crippen molar-refractivity contribution in [2.75, 3.05) is 19.7 Å². The number of piperidine rings is 1. The summed E-state index contributed by atoms with van der Waals surface area (Å²) < 4.78 is 10.3. The normalized spacial score (nSPS) is 22.1. The van der Waals surface area contributed by atoms with Gasteiger partial charge in [-0.25, -0.2) is 0 Å². The van der Waals surface area contributed by atoms with Crippen LogP contribution in [0.15, 0.2) is 10.6 Å². The van der Waals surface area contributed by atoms with Crippen LogP contribution in [0, 0.1) is 5.92 Å². The summed E-state index contributed by atoms with van der Waals surface area (Å²) in [6.07, 6.45) is 3.80. The van der Waals surface area contributed by atoms with Crippen LogP contribution >= 0.6 is 0 Å². The Balaban J connectivity index is 1.64. The SMILES string of the molecule is CCOC(=O)[C@@H]1CCCN(C(=O)c2cc(C3CC3)on2)C1. The van der Waals surface area contributed by atoms with Crippen molar-refractivity contribution in [2.45, 2.75) is 38.5 Å². The maximum absolute atomic E-state index is 12.4. The van der Waals surface area contributed by atoms with Crippen LogP contribution in [-0.4, -0.2) is 41.6 Å². The fourth-order valence-corrected chi connectivity index (χ4v) is 2.73. The first-order chi connectivity index (χ1) is 10.2. The van der Waals surface area contributed by atoms with Gasteiger partial charge in [0.05, 0.1) is 12.5 Å². The number of likely N-dealkylation sites (tertiary alicyclic amines) is 1. The van der Waals surface area contributed by atoms with Crippen molar-refractivity contribution in [3.63, 3.8) is 0 Å². The van der Waals surface area contributed by atoms with Crippen molar-refractivity contribution >= 4 is 11.9 Å². The number of hydrogen-bond acceptors (Lipinski definition) is 5. The average molecular weight is 292 g/mol. The number of nitrogens with zero attached hydrogens (tertiary/aromatic N) is 2. The van der Waals surface area contributed by atoms with E-state index < -0.39 is 0 Å². The molecule has 2 fully saturated rings. The van der Waals surface area contributed by atoms with Gasteiger partial charge in [-0.15, -0.1) is 0 Å². The standard InChI is InChI=1S/C15H20N2O4/c1-2-20-15(19)11-4-3-7-17(9-11)14(18)12-8-13(21-16-12)10-5-6-10/h8,10-11H,2-7,9H2,1H3/t11-/m1/s1. The Kier molecular flexibility index (Phi) is 3.94. The van der Waals surface area contributed by atoms with Gasteiger partial charge in [0.1, 0.15) is 5.76 Å². The third-order valence-corrected chi connectivity index (χ3v) is 4.06. The second-order valence-corrected chi connectivity index (χ2v) is 5.73. The van der Waals surface area contributed by atoms with Crippen LogP contribution in [0.5, 0.6) is 0 Å². The molecule has 0 aromatic carbocycles. The lowest BCUT2D eigenvalue weighted by molar-refractivity contribution is -0.149. The smallest absolute Gasteiger partial charge is 0.310 e. The zero-order valence-electron chi connectivity index (χ0n) is 12.2. The maximum Gasteiger partial charge on any atom is 0.310 e. The van der Waals surface area contributed by atoms with Crippen LogP contribution in [0.25, 0.3) is 0 Å². The minimum atomic E-state index is -0.225. The summed E-state index contributed by atoms with van der Waals surface area (Å²) in [5.41, 5.74) is 0.349. The Morgan fingerprint density at radius 2 is 2.24 bits per heavy atom. The average Bonchev–Trinajstić information content (AvgIpc) is 3.24. The summed E-state index contributed by atoms with van der Waals surface area (Å²) in [6.45, 7) is 3.22. The second-order valence-electron chi connectivity index (χ2n) is 5.73. The number of rotatable bonds is 4. The van der Waals surface area contributed by atoms with Crippen LogP contribution in [0.4, 0.5) is 0 Å². The minimum absolute atomic E-state index is 0.153. The molecule has 0 unspecified atom stereocenters. The fraction of sp³-hybridized carbons (Fsp3) is 0.667. The van der Waals surface area contributed by atoms with E-state index in [2.05, 4.69) is 5.16 Å². The van der Waals surface area contributed by atoms with E-state index in [0.29, 0.717) is 31.3 Å².